The summed E-state index contributed by atoms with van der Waals surface area (Å²) in [5.41, 5.74) is 1.12. The molecule has 1 aromatic heterocycles. The van der Waals surface area contributed by atoms with Gasteiger partial charge in [0.25, 0.3) is 0 Å². The van der Waals surface area contributed by atoms with Gasteiger partial charge in [-0.3, -0.25) is 9.48 Å². The van der Waals surface area contributed by atoms with Crippen molar-refractivity contribution in [2.75, 3.05) is 24.2 Å². The molecular weight excluding hydrogens is 362 g/mol. The van der Waals surface area contributed by atoms with Crippen LogP contribution in [0.2, 0.25) is 5.02 Å². The van der Waals surface area contributed by atoms with Gasteiger partial charge in [-0.1, -0.05) is 11.6 Å². The number of carbonyl (C=O) groups is 1. The maximum Gasteiger partial charge on any atom is 0.177 e. The van der Waals surface area contributed by atoms with Gasteiger partial charge in [0.2, 0.25) is 0 Å². The van der Waals surface area contributed by atoms with Crippen LogP contribution in [0, 0.1) is 0 Å². The second-order valence-corrected chi connectivity index (χ2v) is 8.79. The van der Waals surface area contributed by atoms with Crippen molar-refractivity contribution in [2.24, 2.45) is 0 Å². The minimum Gasteiger partial charge on any atom is -0.370 e. The summed E-state index contributed by atoms with van der Waals surface area (Å²) < 4.78 is 26.1. The molecule has 1 saturated heterocycles. The lowest BCUT2D eigenvalue weighted by Gasteiger charge is -2.34. The van der Waals surface area contributed by atoms with Crippen LogP contribution in [0.25, 0.3) is 0 Å². The topological polar surface area (TPSA) is 72.3 Å². The first kappa shape index (κ1) is 17.9. The Bertz CT molecular complexity index is 900. The Morgan fingerprint density at radius 1 is 1.28 bits per heavy atom. The molecule has 1 fully saturated rings. The Labute approximate surface area is 152 Å². The van der Waals surface area contributed by atoms with Crippen LogP contribution in [0.4, 0.5) is 5.69 Å². The van der Waals surface area contributed by atoms with E-state index in [1.807, 2.05) is 9.58 Å². The summed E-state index contributed by atoms with van der Waals surface area (Å²) in [5.74, 6) is -0.0811. The third kappa shape index (κ3) is 3.88. The van der Waals surface area contributed by atoms with Gasteiger partial charge in [0.1, 0.15) is 0 Å². The third-order valence-corrected chi connectivity index (χ3v) is 5.85. The molecule has 0 unspecified atom stereocenters. The summed E-state index contributed by atoms with van der Waals surface area (Å²) in [6.07, 6.45) is 6.26. The number of carbonyl (C=O) groups excluding carboxylic acids is 1. The molecule has 0 bridgehead atoms. The number of anilines is 1. The SMILES string of the molecule is CC(=O)c1ccc(S(C)(=O)=O)c(N2CCC(n3cc(Cl)cn3)CC2)c1. The van der Waals surface area contributed by atoms with E-state index in [2.05, 4.69) is 5.10 Å². The quantitative estimate of drug-likeness (QED) is 0.761. The molecule has 134 valence electrons. The van der Waals surface area contributed by atoms with Crippen LogP contribution in [-0.2, 0) is 9.84 Å². The van der Waals surface area contributed by atoms with Gasteiger partial charge in [-0.2, -0.15) is 5.10 Å². The van der Waals surface area contributed by atoms with Crippen molar-refractivity contribution in [3.8, 4) is 0 Å². The van der Waals surface area contributed by atoms with Crippen molar-refractivity contribution in [3.05, 3.63) is 41.2 Å². The number of benzene rings is 1. The Morgan fingerprint density at radius 3 is 2.48 bits per heavy atom. The number of Topliss-reactive ketones (excluding diaryl/α,β-unsaturated/α-hetero) is 1. The molecule has 0 radical (unpaired) electrons. The number of nitrogens with zero attached hydrogens (tertiary/aromatic N) is 3. The third-order valence-electron chi connectivity index (χ3n) is 4.51. The summed E-state index contributed by atoms with van der Waals surface area (Å²) in [5, 5.41) is 4.86. The zero-order valence-corrected chi connectivity index (χ0v) is 15.7. The van der Waals surface area contributed by atoms with Gasteiger partial charge in [-0.05, 0) is 38.0 Å². The van der Waals surface area contributed by atoms with Gasteiger partial charge < -0.3 is 4.90 Å². The second kappa shape index (κ2) is 6.80. The molecule has 0 amide bonds. The van der Waals surface area contributed by atoms with Crippen molar-refractivity contribution in [3.63, 3.8) is 0 Å². The molecule has 1 aliphatic heterocycles. The molecule has 25 heavy (non-hydrogen) atoms. The highest BCUT2D eigenvalue weighted by Gasteiger charge is 2.25. The van der Waals surface area contributed by atoms with E-state index < -0.39 is 9.84 Å². The molecule has 1 aromatic carbocycles. The van der Waals surface area contributed by atoms with E-state index in [0.29, 0.717) is 29.4 Å². The molecule has 3 rings (SSSR count). The van der Waals surface area contributed by atoms with Crippen LogP contribution in [0.15, 0.2) is 35.5 Å². The molecule has 1 aliphatic rings. The highest BCUT2D eigenvalue weighted by Crippen LogP contribution is 2.32. The van der Waals surface area contributed by atoms with Crippen molar-refractivity contribution < 1.29 is 13.2 Å². The minimum atomic E-state index is -3.38. The van der Waals surface area contributed by atoms with E-state index in [-0.39, 0.29) is 16.7 Å². The first-order valence-corrected chi connectivity index (χ1v) is 10.3. The molecule has 0 atom stereocenters. The lowest BCUT2D eigenvalue weighted by Crippen LogP contribution is -2.35. The van der Waals surface area contributed by atoms with Crippen molar-refractivity contribution in [2.45, 2.75) is 30.7 Å². The maximum absolute atomic E-state index is 12.1. The average molecular weight is 382 g/mol. The van der Waals surface area contributed by atoms with Crippen molar-refractivity contribution in [1.29, 1.82) is 0 Å². The summed E-state index contributed by atoms with van der Waals surface area (Å²) >= 11 is 5.93. The van der Waals surface area contributed by atoms with E-state index in [0.717, 1.165) is 12.8 Å². The van der Waals surface area contributed by atoms with Crippen LogP contribution in [0.3, 0.4) is 0 Å². The monoisotopic (exact) mass is 381 g/mol. The Morgan fingerprint density at radius 2 is 1.96 bits per heavy atom. The van der Waals surface area contributed by atoms with Crippen LogP contribution in [-0.4, -0.2) is 43.3 Å². The first-order valence-electron chi connectivity index (χ1n) is 8.05. The fraction of sp³-hybridized carbons (Fsp3) is 0.412. The predicted octanol–water partition coefficient (Wildman–Crippen LogP) is 2.98. The molecule has 0 spiro atoms. The van der Waals surface area contributed by atoms with Crippen LogP contribution in [0.1, 0.15) is 36.2 Å². The van der Waals surface area contributed by atoms with Gasteiger partial charge in [-0.15, -0.1) is 0 Å². The van der Waals surface area contributed by atoms with Gasteiger partial charge in [0.05, 0.1) is 27.8 Å². The number of rotatable bonds is 4. The van der Waals surface area contributed by atoms with E-state index in [1.165, 1.54) is 19.2 Å². The Hall–Kier alpha value is -1.86. The van der Waals surface area contributed by atoms with Gasteiger partial charge in [0.15, 0.2) is 15.6 Å². The normalized spacial score (nSPS) is 16.2. The maximum atomic E-state index is 12.1. The van der Waals surface area contributed by atoms with E-state index in [4.69, 9.17) is 11.6 Å². The molecular formula is C17H20ClN3O3S. The lowest BCUT2D eigenvalue weighted by molar-refractivity contribution is 0.101. The van der Waals surface area contributed by atoms with Crippen molar-refractivity contribution in [1.82, 2.24) is 9.78 Å². The number of sulfone groups is 1. The van der Waals surface area contributed by atoms with Gasteiger partial charge in [0, 0.05) is 31.1 Å². The van der Waals surface area contributed by atoms with Gasteiger partial charge >= 0.3 is 0 Å². The molecule has 2 aromatic rings. The molecule has 0 aliphatic carbocycles. The number of hydrogen-bond donors (Lipinski definition) is 0. The molecule has 0 N–H and O–H groups in total. The fourth-order valence-corrected chi connectivity index (χ4v) is 4.21. The van der Waals surface area contributed by atoms with Crippen molar-refractivity contribution >= 4 is 32.9 Å². The Balaban J connectivity index is 1.86. The zero-order valence-electron chi connectivity index (χ0n) is 14.1. The number of aromatic nitrogens is 2. The summed E-state index contributed by atoms with van der Waals surface area (Å²) in [6, 6.07) is 5.02. The molecule has 8 heteroatoms. The lowest BCUT2D eigenvalue weighted by atomic mass is 10.0. The number of hydrogen-bond acceptors (Lipinski definition) is 5. The van der Waals surface area contributed by atoms with E-state index in [9.17, 15) is 13.2 Å². The zero-order chi connectivity index (χ0) is 18.2. The summed E-state index contributed by atoms with van der Waals surface area (Å²) in [7, 11) is -3.38. The average Bonchev–Trinajstić information content (AvgIpc) is 3.00. The number of piperidine rings is 1. The minimum absolute atomic E-state index is 0.0811. The van der Waals surface area contributed by atoms with Crippen LogP contribution < -0.4 is 4.90 Å². The summed E-state index contributed by atoms with van der Waals surface area (Å²) in [6.45, 7) is 2.85. The van der Waals surface area contributed by atoms with E-state index in [1.54, 1.807) is 24.5 Å². The molecule has 6 nitrogen and oxygen atoms in total. The molecule has 2 heterocycles. The number of halogens is 1. The van der Waals surface area contributed by atoms with Crippen LogP contribution in [0.5, 0.6) is 0 Å². The first-order chi connectivity index (χ1) is 11.8. The summed E-state index contributed by atoms with van der Waals surface area (Å²) in [4.78, 5) is 14.0. The standard InChI is InChI=1S/C17H20ClN3O3S/c1-12(22)13-3-4-17(25(2,23)24)16(9-13)20-7-5-15(6-8-20)21-11-14(18)10-19-21/h3-4,9-11,15H,5-8H2,1-2H3. The largest absolute Gasteiger partial charge is 0.370 e. The highest BCUT2D eigenvalue weighted by atomic mass is 35.5. The highest BCUT2D eigenvalue weighted by molar-refractivity contribution is 7.90. The predicted molar refractivity (Wildman–Crippen MR) is 97.3 cm³/mol. The number of ketones is 1. The fourth-order valence-electron chi connectivity index (χ4n) is 3.18. The van der Waals surface area contributed by atoms with Crippen LogP contribution >= 0.6 is 11.6 Å². The Kier molecular flexibility index (Phi) is 4.88. The van der Waals surface area contributed by atoms with Gasteiger partial charge in [-0.25, -0.2) is 8.42 Å². The second-order valence-electron chi connectivity index (χ2n) is 6.37. The van der Waals surface area contributed by atoms with E-state index >= 15 is 0 Å². The molecule has 0 saturated carbocycles. The smallest absolute Gasteiger partial charge is 0.177 e.